The first-order valence-corrected chi connectivity index (χ1v) is 7.67. The maximum absolute atomic E-state index is 11.7. The van der Waals surface area contributed by atoms with Crippen LogP contribution >= 0.6 is 39.7 Å². The third-order valence-corrected chi connectivity index (χ3v) is 4.44. The maximum Gasteiger partial charge on any atom is 0.221 e. The van der Waals surface area contributed by atoms with Gasteiger partial charge in [0.25, 0.3) is 0 Å². The maximum atomic E-state index is 11.7. The molecule has 0 spiro atoms. The van der Waals surface area contributed by atoms with Crippen molar-refractivity contribution in [2.75, 3.05) is 26.3 Å². The van der Waals surface area contributed by atoms with Crippen LogP contribution in [0.25, 0.3) is 0 Å². The Morgan fingerprint density at radius 1 is 1.58 bits per heavy atom. The molecule has 0 bridgehead atoms. The van der Waals surface area contributed by atoms with Crippen molar-refractivity contribution in [3.8, 4) is 0 Å². The monoisotopic (exact) mass is 368 g/mol. The van der Waals surface area contributed by atoms with E-state index in [0.717, 1.165) is 23.4 Å². The second-order valence-electron chi connectivity index (χ2n) is 4.24. The average Bonchev–Trinajstić information content (AvgIpc) is 2.76. The fraction of sp³-hybridized carbons (Fsp3) is 0.583. The fourth-order valence-electron chi connectivity index (χ4n) is 1.86. The molecule has 4 nitrogen and oxygen atoms in total. The minimum atomic E-state index is 0. The molecular formula is C12H18BrClN2O2S. The van der Waals surface area contributed by atoms with E-state index >= 15 is 0 Å². The highest BCUT2D eigenvalue weighted by Crippen LogP contribution is 2.21. The molecule has 2 N–H and O–H groups in total. The number of morpholine rings is 1. The number of hydrogen-bond donors (Lipinski definition) is 2. The van der Waals surface area contributed by atoms with Crippen molar-refractivity contribution in [2.45, 2.75) is 18.9 Å². The van der Waals surface area contributed by atoms with Gasteiger partial charge in [-0.1, -0.05) is 0 Å². The average molecular weight is 370 g/mol. The van der Waals surface area contributed by atoms with E-state index in [2.05, 4.69) is 32.6 Å². The van der Waals surface area contributed by atoms with Crippen molar-refractivity contribution in [2.24, 2.45) is 0 Å². The molecule has 1 aliphatic heterocycles. The summed E-state index contributed by atoms with van der Waals surface area (Å²) in [6.07, 6.45) is 1.38. The van der Waals surface area contributed by atoms with Gasteiger partial charge in [0.15, 0.2) is 0 Å². The Hall–Kier alpha value is -0.140. The van der Waals surface area contributed by atoms with Gasteiger partial charge in [0.2, 0.25) is 5.91 Å². The van der Waals surface area contributed by atoms with E-state index in [-0.39, 0.29) is 24.4 Å². The Morgan fingerprint density at radius 3 is 3.05 bits per heavy atom. The summed E-state index contributed by atoms with van der Waals surface area (Å²) in [6, 6.07) is 4.28. The zero-order chi connectivity index (χ0) is 12.8. The van der Waals surface area contributed by atoms with Crippen LogP contribution in [0.15, 0.2) is 15.9 Å². The van der Waals surface area contributed by atoms with E-state index in [9.17, 15) is 4.79 Å². The molecule has 1 fully saturated rings. The third-order valence-electron chi connectivity index (χ3n) is 2.75. The number of carbonyl (C=O) groups is 1. The summed E-state index contributed by atoms with van der Waals surface area (Å²) >= 11 is 5.14. The predicted molar refractivity (Wildman–Crippen MR) is 83.2 cm³/mol. The van der Waals surface area contributed by atoms with E-state index in [1.54, 1.807) is 11.3 Å². The van der Waals surface area contributed by atoms with E-state index in [1.165, 1.54) is 4.88 Å². The number of nitrogens with one attached hydrogen (secondary N) is 2. The molecule has 0 radical (unpaired) electrons. The van der Waals surface area contributed by atoms with Crippen molar-refractivity contribution in [3.05, 3.63) is 20.8 Å². The summed E-state index contributed by atoms with van der Waals surface area (Å²) in [5, 5.41) is 6.22. The Kier molecular flexibility index (Phi) is 7.94. The first-order valence-electron chi connectivity index (χ1n) is 6.06. The van der Waals surface area contributed by atoms with Crippen LogP contribution < -0.4 is 10.6 Å². The molecule has 1 atom stereocenters. The van der Waals surface area contributed by atoms with Gasteiger partial charge in [-0.3, -0.25) is 4.79 Å². The van der Waals surface area contributed by atoms with Gasteiger partial charge >= 0.3 is 0 Å². The molecule has 2 heterocycles. The van der Waals surface area contributed by atoms with Crippen molar-refractivity contribution in [1.29, 1.82) is 0 Å². The quantitative estimate of drug-likeness (QED) is 0.834. The topological polar surface area (TPSA) is 50.4 Å². The standard InChI is InChI=1S/C12H17BrN2O2S.ClH/c13-11-2-1-10(18-11)3-4-15-12(16)7-9-8-17-6-5-14-9;/h1-2,9,14H,3-8H2,(H,15,16);1H. The molecule has 7 heteroatoms. The lowest BCUT2D eigenvalue weighted by atomic mass is 10.2. The molecule has 1 unspecified atom stereocenters. The lowest BCUT2D eigenvalue weighted by Crippen LogP contribution is -2.44. The van der Waals surface area contributed by atoms with Gasteiger partial charge in [-0.2, -0.15) is 0 Å². The van der Waals surface area contributed by atoms with Gasteiger partial charge in [0, 0.05) is 30.4 Å². The molecule has 0 saturated carbocycles. The summed E-state index contributed by atoms with van der Waals surface area (Å²) in [7, 11) is 0. The molecule has 1 amide bonds. The summed E-state index contributed by atoms with van der Waals surface area (Å²) in [5.41, 5.74) is 0. The number of rotatable bonds is 5. The summed E-state index contributed by atoms with van der Waals surface area (Å²) < 4.78 is 6.45. The van der Waals surface area contributed by atoms with Crippen molar-refractivity contribution < 1.29 is 9.53 Å². The molecule has 19 heavy (non-hydrogen) atoms. The summed E-state index contributed by atoms with van der Waals surface area (Å²) in [6.45, 7) is 2.90. The number of halogens is 2. The van der Waals surface area contributed by atoms with Crippen LogP contribution in [0.4, 0.5) is 0 Å². The van der Waals surface area contributed by atoms with Crippen LogP contribution in [-0.4, -0.2) is 38.3 Å². The smallest absolute Gasteiger partial charge is 0.221 e. The van der Waals surface area contributed by atoms with Gasteiger partial charge in [-0.05, 0) is 34.5 Å². The molecular weight excluding hydrogens is 352 g/mol. The van der Waals surface area contributed by atoms with Crippen LogP contribution in [0.2, 0.25) is 0 Å². The zero-order valence-corrected chi connectivity index (χ0v) is 13.7. The van der Waals surface area contributed by atoms with Crippen LogP contribution in [0, 0.1) is 0 Å². The van der Waals surface area contributed by atoms with Gasteiger partial charge in [0.05, 0.1) is 17.0 Å². The van der Waals surface area contributed by atoms with E-state index in [4.69, 9.17) is 4.74 Å². The molecule has 2 rings (SSSR count). The first kappa shape index (κ1) is 16.9. The Bertz CT molecular complexity index is 397. The van der Waals surface area contributed by atoms with Crippen molar-refractivity contribution in [3.63, 3.8) is 0 Å². The van der Waals surface area contributed by atoms with Crippen LogP contribution in [0.5, 0.6) is 0 Å². The van der Waals surface area contributed by atoms with Gasteiger partial charge in [-0.15, -0.1) is 23.7 Å². The largest absolute Gasteiger partial charge is 0.378 e. The van der Waals surface area contributed by atoms with Gasteiger partial charge in [-0.25, -0.2) is 0 Å². The van der Waals surface area contributed by atoms with Crippen LogP contribution in [-0.2, 0) is 16.0 Å². The van der Waals surface area contributed by atoms with Crippen LogP contribution in [0.1, 0.15) is 11.3 Å². The SMILES string of the molecule is Cl.O=C(CC1COCCN1)NCCc1ccc(Br)s1. The molecule has 1 saturated heterocycles. The van der Waals surface area contributed by atoms with E-state index in [1.807, 2.05) is 6.07 Å². The van der Waals surface area contributed by atoms with E-state index in [0.29, 0.717) is 19.6 Å². The Labute approximate surface area is 131 Å². The number of carbonyl (C=O) groups excluding carboxylic acids is 1. The molecule has 1 aliphatic rings. The fourth-order valence-corrected chi connectivity index (χ4v) is 3.34. The molecule has 1 aromatic heterocycles. The lowest BCUT2D eigenvalue weighted by molar-refractivity contribution is -0.122. The third kappa shape index (κ3) is 6.23. The lowest BCUT2D eigenvalue weighted by Gasteiger charge is -2.23. The normalized spacial score (nSPS) is 18.7. The number of ether oxygens (including phenoxy) is 1. The highest BCUT2D eigenvalue weighted by Gasteiger charge is 2.16. The minimum absolute atomic E-state index is 0. The van der Waals surface area contributed by atoms with E-state index < -0.39 is 0 Å². The summed E-state index contributed by atoms with van der Waals surface area (Å²) in [4.78, 5) is 13.0. The highest BCUT2D eigenvalue weighted by atomic mass is 79.9. The highest BCUT2D eigenvalue weighted by molar-refractivity contribution is 9.11. The molecule has 1 aromatic rings. The van der Waals surface area contributed by atoms with Crippen molar-refractivity contribution >= 4 is 45.6 Å². The van der Waals surface area contributed by atoms with Gasteiger partial charge < -0.3 is 15.4 Å². The number of thiophene rings is 1. The molecule has 108 valence electrons. The number of amides is 1. The molecule has 0 aromatic carbocycles. The first-order chi connectivity index (χ1) is 8.74. The number of hydrogen-bond acceptors (Lipinski definition) is 4. The zero-order valence-electron chi connectivity index (χ0n) is 10.5. The summed E-state index contributed by atoms with van der Waals surface area (Å²) in [5.74, 6) is 0.0913. The second-order valence-corrected chi connectivity index (χ2v) is 6.78. The predicted octanol–water partition coefficient (Wildman–Crippen LogP) is 1.97. The van der Waals surface area contributed by atoms with Gasteiger partial charge in [0.1, 0.15) is 0 Å². The minimum Gasteiger partial charge on any atom is -0.378 e. The molecule has 0 aliphatic carbocycles. The Morgan fingerprint density at radius 2 is 2.42 bits per heavy atom. The van der Waals surface area contributed by atoms with Crippen LogP contribution in [0.3, 0.4) is 0 Å². The van der Waals surface area contributed by atoms with Crippen molar-refractivity contribution in [1.82, 2.24) is 10.6 Å². The second kappa shape index (κ2) is 8.92. The Balaban J connectivity index is 0.00000180.